The van der Waals surface area contributed by atoms with Gasteiger partial charge in [0, 0.05) is 5.75 Å². The van der Waals surface area contributed by atoms with Crippen LogP contribution >= 0.6 is 12.6 Å². The quantitative estimate of drug-likeness (QED) is 0.493. The molecule has 110 valence electrons. The van der Waals surface area contributed by atoms with Gasteiger partial charge in [-0.1, -0.05) is 0 Å². The average molecular weight is 292 g/mol. The fraction of sp³-hybridized carbons (Fsp3) is 0.727. The van der Waals surface area contributed by atoms with Crippen molar-refractivity contribution in [2.75, 3.05) is 19.4 Å². The highest BCUT2D eigenvalue weighted by atomic mass is 32.1. The number of amides is 2. The minimum atomic E-state index is -0.846. The largest absolute Gasteiger partial charge is 0.467 e. The molecule has 0 bridgehead atoms. The minimum Gasteiger partial charge on any atom is -0.467 e. The molecule has 19 heavy (non-hydrogen) atoms. The summed E-state index contributed by atoms with van der Waals surface area (Å²) < 4.78 is 9.43. The van der Waals surface area contributed by atoms with Crippen LogP contribution in [0.4, 0.5) is 4.79 Å². The molecular weight excluding hydrogens is 272 g/mol. The van der Waals surface area contributed by atoms with Gasteiger partial charge >= 0.3 is 12.1 Å². The van der Waals surface area contributed by atoms with Crippen LogP contribution < -0.4 is 10.6 Å². The summed E-state index contributed by atoms with van der Waals surface area (Å²) in [6, 6.07) is -0.846. The third-order valence-corrected chi connectivity index (χ3v) is 2.16. The first-order valence-corrected chi connectivity index (χ1v) is 6.27. The van der Waals surface area contributed by atoms with E-state index in [0.29, 0.717) is 0 Å². The zero-order valence-corrected chi connectivity index (χ0v) is 12.4. The first kappa shape index (κ1) is 17.6. The van der Waals surface area contributed by atoms with Gasteiger partial charge in [-0.2, -0.15) is 12.6 Å². The molecule has 0 radical (unpaired) electrons. The molecule has 2 N–H and O–H groups in total. The van der Waals surface area contributed by atoms with E-state index >= 15 is 0 Å². The molecule has 0 heterocycles. The lowest BCUT2D eigenvalue weighted by atomic mass is 10.2. The Bertz CT molecular complexity index is 340. The molecule has 0 saturated heterocycles. The number of alkyl carbamates (subject to hydrolysis) is 1. The number of esters is 1. The number of thiol groups is 1. The molecular formula is C11H20N2O5S. The summed E-state index contributed by atoms with van der Waals surface area (Å²) in [5.74, 6) is -1.03. The topological polar surface area (TPSA) is 93.7 Å². The van der Waals surface area contributed by atoms with Crippen molar-refractivity contribution in [3.63, 3.8) is 0 Å². The SMILES string of the molecule is COC(=O)[C@H](CS)NC(=O)CNC(=O)OC(C)(C)C. The fourth-order valence-corrected chi connectivity index (χ4v) is 1.27. The van der Waals surface area contributed by atoms with Crippen molar-refractivity contribution in [2.45, 2.75) is 32.4 Å². The van der Waals surface area contributed by atoms with Crippen molar-refractivity contribution in [3.05, 3.63) is 0 Å². The lowest BCUT2D eigenvalue weighted by Gasteiger charge is -2.20. The summed E-state index contributed by atoms with van der Waals surface area (Å²) >= 11 is 3.92. The zero-order chi connectivity index (χ0) is 15.1. The summed E-state index contributed by atoms with van der Waals surface area (Å²) in [6.45, 7) is 4.83. The first-order chi connectivity index (χ1) is 8.69. The minimum absolute atomic E-state index is 0.102. The Morgan fingerprint density at radius 2 is 1.84 bits per heavy atom. The number of rotatable bonds is 5. The Morgan fingerprint density at radius 1 is 1.26 bits per heavy atom. The smallest absolute Gasteiger partial charge is 0.408 e. The molecule has 0 saturated carbocycles. The molecule has 0 aliphatic carbocycles. The summed E-state index contributed by atoms with van der Waals surface area (Å²) in [6.07, 6.45) is -0.705. The molecule has 0 aliphatic rings. The molecule has 7 nitrogen and oxygen atoms in total. The number of hydrogen-bond donors (Lipinski definition) is 3. The van der Waals surface area contributed by atoms with Crippen molar-refractivity contribution < 1.29 is 23.9 Å². The Kier molecular flexibility index (Phi) is 7.28. The molecule has 1 atom stereocenters. The van der Waals surface area contributed by atoms with Gasteiger partial charge in [-0.05, 0) is 20.8 Å². The Labute approximate surface area is 117 Å². The lowest BCUT2D eigenvalue weighted by Crippen LogP contribution is -2.47. The van der Waals surface area contributed by atoms with Gasteiger partial charge in [-0.3, -0.25) is 4.79 Å². The van der Waals surface area contributed by atoms with Gasteiger partial charge in [0.2, 0.25) is 5.91 Å². The normalized spacial score (nSPS) is 12.3. The van der Waals surface area contributed by atoms with Crippen LogP contribution in [0.1, 0.15) is 20.8 Å². The van der Waals surface area contributed by atoms with Crippen LogP contribution in [0.15, 0.2) is 0 Å². The maximum atomic E-state index is 11.5. The zero-order valence-electron chi connectivity index (χ0n) is 11.5. The predicted molar refractivity (Wildman–Crippen MR) is 72.0 cm³/mol. The van der Waals surface area contributed by atoms with Crippen molar-refractivity contribution in [3.8, 4) is 0 Å². The van der Waals surface area contributed by atoms with Crippen molar-refractivity contribution in [2.24, 2.45) is 0 Å². The third kappa shape index (κ3) is 8.30. The van der Waals surface area contributed by atoms with Crippen molar-refractivity contribution >= 4 is 30.6 Å². The van der Waals surface area contributed by atoms with Gasteiger partial charge in [0.25, 0.3) is 0 Å². The number of hydrogen-bond acceptors (Lipinski definition) is 6. The number of carbonyl (C=O) groups is 3. The molecule has 0 aromatic heterocycles. The molecule has 0 spiro atoms. The summed E-state index contributed by atoms with van der Waals surface area (Å²) in [4.78, 5) is 34.0. The highest BCUT2D eigenvalue weighted by Gasteiger charge is 2.21. The Balaban J connectivity index is 4.11. The highest BCUT2D eigenvalue weighted by Crippen LogP contribution is 2.06. The second kappa shape index (κ2) is 7.88. The van der Waals surface area contributed by atoms with Crippen molar-refractivity contribution in [1.82, 2.24) is 10.6 Å². The molecule has 0 aromatic rings. The number of methoxy groups -OCH3 is 1. The van der Waals surface area contributed by atoms with Gasteiger partial charge in [0.1, 0.15) is 18.2 Å². The van der Waals surface area contributed by atoms with E-state index in [0.717, 1.165) is 0 Å². The molecule has 0 aliphatic heterocycles. The number of ether oxygens (including phenoxy) is 2. The standard InChI is InChI=1S/C11H20N2O5S/c1-11(2,3)18-10(16)12-5-8(14)13-7(6-19)9(15)17-4/h7,19H,5-6H2,1-4H3,(H,12,16)(H,13,14)/t7-/m0/s1. The second-order valence-electron chi connectivity index (χ2n) is 4.68. The third-order valence-electron chi connectivity index (χ3n) is 1.80. The van der Waals surface area contributed by atoms with Crippen LogP contribution in [0.5, 0.6) is 0 Å². The number of carbonyl (C=O) groups excluding carboxylic acids is 3. The van der Waals surface area contributed by atoms with Gasteiger partial charge in [0.05, 0.1) is 7.11 Å². The van der Waals surface area contributed by atoms with E-state index in [2.05, 4.69) is 28.0 Å². The fourth-order valence-electron chi connectivity index (χ4n) is 1.03. The molecule has 2 amide bonds. The van der Waals surface area contributed by atoms with E-state index in [1.807, 2.05) is 0 Å². The van der Waals surface area contributed by atoms with Gasteiger partial charge < -0.3 is 20.1 Å². The Hall–Kier alpha value is -1.44. The summed E-state index contributed by atoms with van der Waals surface area (Å²) in [7, 11) is 1.21. The molecule has 0 fully saturated rings. The maximum Gasteiger partial charge on any atom is 0.408 e. The maximum absolute atomic E-state index is 11.5. The highest BCUT2D eigenvalue weighted by molar-refractivity contribution is 7.80. The molecule has 0 unspecified atom stereocenters. The van der Waals surface area contributed by atoms with Gasteiger partial charge in [-0.25, -0.2) is 9.59 Å². The van der Waals surface area contributed by atoms with E-state index in [1.165, 1.54) is 7.11 Å². The predicted octanol–water partition coefficient (Wildman–Crippen LogP) is 0.0987. The van der Waals surface area contributed by atoms with Crippen LogP contribution in [-0.2, 0) is 19.1 Å². The Morgan fingerprint density at radius 3 is 2.26 bits per heavy atom. The average Bonchev–Trinajstić information content (AvgIpc) is 2.30. The van der Waals surface area contributed by atoms with E-state index in [9.17, 15) is 14.4 Å². The summed E-state index contributed by atoms with van der Waals surface area (Å²) in [5, 5.41) is 4.65. The van der Waals surface area contributed by atoms with Crippen LogP contribution in [0.2, 0.25) is 0 Å². The van der Waals surface area contributed by atoms with Crippen LogP contribution in [0.3, 0.4) is 0 Å². The van der Waals surface area contributed by atoms with Crippen LogP contribution in [-0.4, -0.2) is 49.0 Å². The van der Waals surface area contributed by atoms with E-state index < -0.39 is 29.6 Å². The van der Waals surface area contributed by atoms with Crippen LogP contribution in [0, 0.1) is 0 Å². The van der Waals surface area contributed by atoms with Crippen molar-refractivity contribution in [1.29, 1.82) is 0 Å². The first-order valence-electron chi connectivity index (χ1n) is 5.64. The molecule has 0 rings (SSSR count). The second-order valence-corrected chi connectivity index (χ2v) is 5.05. The van der Waals surface area contributed by atoms with Crippen LogP contribution in [0.25, 0.3) is 0 Å². The summed E-state index contributed by atoms with van der Waals surface area (Å²) in [5.41, 5.74) is -0.639. The van der Waals surface area contributed by atoms with E-state index in [1.54, 1.807) is 20.8 Å². The monoisotopic (exact) mass is 292 g/mol. The van der Waals surface area contributed by atoms with Gasteiger partial charge in [0.15, 0.2) is 0 Å². The van der Waals surface area contributed by atoms with E-state index in [4.69, 9.17) is 4.74 Å². The molecule has 8 heteroatoms. The number of nitrogens with one attached hydrogen (secondary N) is 2. The van der Waals surface area contributed by atoms with Gasteiger partial charge in [-0.15, -0.1) is 0 Å². The van der Waals surface area contributed by atoms with E-state index in [-0.39, 0.29) is 12.3 Å². The molecule has 0 aromatic carbocycles. The lowest BCUT2D eigenvalue weighted by molar-refractivity contribution is -0.144.